The summed E-state index contributed by atoms with van der Waals surface area (Å²) >= 11 is 0. The number of aliphatic hydroxyl groups is 1. The van der Waals surface area contributed by atoms with Crippen LogP contribution in [-0.2, 0) is 9.53 Å². The number of aliphatic hydroxyl groups excluding tert-OH is 1. The Balaban J connectivity index is 2.08. The van der Waals surface area contributed by atoms with Crippen molar-refractivity contribution in [3.05, 3.63) is 79.5 Å². The van der Waals surface area contributed by atoms with E-state index >= 15 is 0 Å². The van der Waals surface area contributed by atoms with Crippen molar-refractivity contribution in [2.75, 3.05) is 13.2 Å². The van der Waals surface area contributed by atoms with E-state index in [-0.39, 0.29) is 33.8 Å². The first kappa shape index (κ1) is 26.0. The third-order valence-electron chi connectivity index (χ3n) is 6.33. The Labute approximate surface area is 211 Å². The standard InChI is InChI=1S/C28H28O9/c1-13(2)15-7-5-9-17-22(30)20(27(33)36-24(15)17)19(26(32)35-12-11-29)21-23(31)18-10-6-8-16(14(3)4)25(18)37-28(21)34/h5-10,13-14,19,29-31H,11-12H2,1-4H3. The first-order valence-corrected chi connectivity index (χ1v) is 11.9. The zero-order valence-corrected chi connectivity index (χ0v) is 20.9. The Morgan fingerprint density at radius 2 is 1.24 bits per heavy atom. The molecule has 37 heavy (non-hydrogen) atoms. The van der Waals surface area contributed by atoms with Gasteiger partial charge in [-0.2, -0.15) is 0 Å². The summed E-state index contributed by atoms with van der Waals surface area (Å²) in [5, 5.41) is 31.9. The molecule has 0 atom stereocenters. The monoisotopic (exact) mass is 508 g/mol. The van der Waals surface area contributed by atoms with Gasteiger partial charge in [0, 0.05) is 0 Å². The largest absolute Gasteiger partial charge is 0.507 e. The van der Waals surface area contributed by atoms with Crippen LogP contribution in [-0.4, -0.2) is 34.5 Å². The second-order valence-electron chi connectivity index (χ2n) is 9.38. The first-order valence-electron chi connectivity index (χ1n) is 11.9. The smallest absolute Gasteiger partial charge is 0.344 e. The van der Waals surface area contributed by atoms with Gasteiger partial charge >= 0.3 is 17.2 Å². The maximum Gasteiger partial charge on any atom is 0.344 e. The fourth-order valence-corrected chi connectivity index (χ4v) is 4.52. The van der Waals surface area contributed by atoms with Gasteiger partial charge in [-0.1, -0.05) is 52.0 Å². The van der Waals surface area contributed by atoms with E-state index in [9.17, 15) is 24.6 Å². The maximum absolute atomic E-state index is 13.3. The highest BCUT2D eigenvalue weighted by molar-refractivity contribution is 5.94. The third kappa shape index (κ3) is 4.46. The van der Waals surface area contributed by atoms with Gasteiger partial charge in [0.15, 0.2) is 0 Å². The predicted molar refractivity (Wildman–Crippen MR) is 136 cm³/mol. The average molecular weight is 509 g/mol. The lowest BCUT2D eigenvalue weighted by Gasteiger charge is -2.19. The molecule has 194 valence electrons. The van der Waals surface area contributed by atoms with Crippen molar-refractivity contribution >= 4 is 27.9 Å². The fourth-order valence-electron chi connectivity index (χ4n) is 4.52. The molecule has 0 aliphatic rings. The molecule has 3 N–H and O–H groups in total. The lowest BCUT2D eigenvalue weighted by Crippen LogP contribution is -2.28. The lowest BCUT2D eigenvalue weighted by molar-refractivity contribution is -0.145. The van der Waals surface area contributed by atoms with Crippen LogP contribution >= 0.6 is 0 Å². The molecule has 0 unspecified atom stereocenters. The molecule has 0 bridgehead atoms. The highest BCUT2D eigenvalue weighted by atomic mass is 16.5. The second kappa shape index (κ2) is 10.1. The lowest BCUT2D eigenvalue weighted by atomic mass is 9.89. The number of carbonyl (C=O) groups excluding carboxylic acids is 1. The Bertz CT molecular complexity index is 1500. The van der Waals surface area contributed by atoms with Crippen molar-refractivity contribution in [1.82, 2.24) is 0 Å². The molecule has 0 saturated carbocycles. The minimum absolute atomic E-state index is 0.0471. The van der Waals surface area contributed by atoms with Gasteiger partial charge in [-0.05, 0) is 35.1 Å². The van der Waals surface area contributed by atoms with Crippen LogP contribution in [0.25, 0.3) is 21.9 Å². The second-order valence-corrected chi connectivity index (χ2v) is 9.38. The van der Waals surface area contributed by atoms with Gasteiger partial charge in [-0.15, -0.1) is 0 Å². The van der Waals surface area contributed by atoms with Crippen LogP contribution in [0.4, 0.5) is 0 Å². The molecule has 0 aliphatic carbocycles. The minimum atomic E-state index is -1.89. The molecule has 4 aromatic rings. The van der Waals surface area contributed by atoms with Crippen LogP contribution < -0.4 is 11.3 Å². The fraction of sp³-hybridized carbons (Fsp3) is 0.321. The van der Waals surface area contributed by atoms with Gasteiger partial charge in [0.1, 0.15) is 35.2 Å². The summed E-state index contributed by atoms with van der Waals surface area (Å²) in [5.41, 5.74) is -1.74. The Hall–Kier alpha value is -4.11. The molecule has 0 fully saturated rings. The van der Waals surface area contributed by atoms with Crippen molar-refractivity contribution < 1.29 is 33.7 Å². The van der Waals surface area contributed by atoms with E-state index in [1.807, 2.05) is 27.7 Å². The molecule has 2 aromatic heterocycles. The first-order chi connectivity index (χ1) is 17.6. The number of carbonyl (C=O) groups is 1. The number of rotatable bonds is 7. The van der Waals surface area contributed by atoms with Crippen LogP contribution in [0.5, 0.6) is 11.5 Å². The van der Waals surface area contributed by atoms with E-state index in [0.717, 1.165) is 0 Å². The number of esters is 1. The van der Waals surface area contributed by atoms with E-state index in [2.05, 4.69) is 0 Å². The van der Waals surface area contributed by atoms with E-state index in [1.165, 1.54) is 12.1 Å². The number of hydrogen-bond acceptors (Lipinski definition) is 9. The Morgan fingerprint density at radius 3 is 1.62 bits per heavy atom. The van der Waals surface area contributed by atoms with Gasteiger partial charge < -0.3 is 28.9 Å². The number of ether oxygens (including phenoxy) is 1. The minimum Gasteiger partial charge on any atom is -0.507 e. The predicted octanol–water partition coefficient (Wildman–Crippen LogP) is 4.22. The van der Waals surface area contributed by atoms with Crippen molar-refractivity contribution in [2.45, 2.75) is 45.4 Å². The average Bonchev–Trinajstić information content (AvgIpc) is 2.85. The van der Waals surface area contributed by atoms with Crippen molar-refractivity contribution in [1.29, 1.82) is 0 Å². The maximum atomic E-state index is 13.3. The number of benzene rings is 2. The summed E-state index contributed by atoms with van der Waals surface area (Å²) in [4.78, 5) is 39.7. The van der Waals surface area contributed by atoms with Gasteiger partial charge in [0.05, 0.1) is 28.5 Å². The molecule has 9 nitrogen and oxygen atoms in total. The zero-order valence-electron chi connectivity index (χ0n) is 20.9. The van der Waals surface area contributed by atoms with E-state index in [1.54, 1.807) is 24.3 Å². The van der Waals surface area contributed by atoms with E-state index < -0.39 is 59.0 Å². The molecule has 2 heterocycles. The number of hydrogen-bond donors (Lipinski definition) is 3. The molecule has 0 spiro atoms. The molecular weight excluding hydrogens is 480 g/mol. The molecule has 4 rings (SSSR count). The van der Waals surface area contributed by atoms with Crippen molar-refractivity contribution in [2.24, 2.45) is 0 Å². The summed E-state index contributed by atoms with van der Waals surface area (Å²) in [6, 6.07) is 9.84. The van der Waals surface area contributed by atoms with Crippen LogP contribution in [0.1, 0.15) is 67.7 Å². The van der Waals surface area contributed by atoms with Crippen molar-refractivity contribution in [3.63, 3.8) is 0 Å². The summed E-state index contributed by atoms with van der Waals surface area (Å²) in [7, 11) is 0. The molecule has 9 heteroatoms. The molecule has 2 aromatic carbocycles. The number of aromatic hydroxyl groups is 2. The van der Waals surface area contributed by atoms with Crippen LogP contribution in [0.2, 0.25) is 0 Å². The molecule has 0 amide bonds. The third-order valence-corrected chi connectivity index (χ3v) is 6.33. The number of para-hydroxylation sites is 2. The van der Waals surface area contributed by atoms with Crippen LogP contribution in [0.15, 0.2) is 54.8 Å². The van der Waals surface area contributed by atoms with Gasteiger partial charge in [0.25, 0.3) is 0 Å². The molecule has 0 aliphatic heterocycles. The SMILES string of the molecule is CC(C)c1cccc2c(O)c(C(C(=O)OCCO)c3c(O)c4cccc(C(C)C)c4oc3=O)c(=O)oc12. The Morgan fingerprint density at radius 1 is 0.811 bits per heavy atom. The van der Waals surface area contributed by atoms with Gasteiger partial charge in [-0.25, -0.2) is 9.59 Å². The van der Waals surface area contributed by atoms with Crippen molar-refractivity contribution in [3.8, 4) is 11.5 Å². The Kier molecular flexibility index (Phi) is 7.09. The molecule has 0 saturated heterocycles. The van der Waals surface area contributed by atoms with Crippen LogP contribution in [0, 0.1) is 0 Å². The summed E-state index contributed by atoms with van der Waals surface area (Å²) in [5.74, 6) is -4.32. The highest BCUT2D eigenvalue weighted by Gasteiger charge is 2.38. The molecular formula is C28H28O9. The van der Waals surface area contributed by atoms with E-state index in [0.29, 0.717) is 11.1 Å². The summed E-state index contributed by atoms with van der Waals surface area (Å²) < 4.78 is 16.2. The summed E-state index contributed by atoms with van der Waals surface area (Å²) in [6.07, 6.45) is 0. The zero-order chi connectivity index (χ0) is 27.0. The normalized spacial score (nSPS) is 11.8. The summed E-state index contributed by atoms with van der Waals surface area (Å²) in [6.45, 7) is 6.59. The topological polar surface area (TPSA) is 147 Å². The van der Waals surface area contributed by atoms with Gasteiger partial charge in [0.2, 0.25) is 0 Å². The molecule has 0 radical (unpaired) electrons. The van der Waals surface area contributed by atoms with E-state index in [4.69, 9.17) is 18.7 Å². The highest BCUT2D eigenvalue weighted by Crippen LogP contribution is 2.41. The van der Waals surface area contributed by atoms with Crippen LogP contribution in [0.3, 0.4) is 0 Å². The number of fused-ring (bicyclic) bond motifs is 2. The quantitative estimate of drug-likeness (QED) is 0.246. The van der Waals surface area contributed by atoms with Gasteiger partial charge in [-0.3, -0.25) is 4.79 Å².